The van der Waals surface area contributed by atoms with Gasteiger partial charge < -0.3 is 15.6 Å². The van der Waals surface area contributed by atoms with E-state index in [9.17, 15) is 10.1 Å². The van der Waals surface area contributed by atoms with Crippen molar-refractivity contribution in [2.24, 2.45) is 5.41 Å². The van der Waals surface area contributed by atoms with E-state index in [4.69, 9.17) is 10.7 Å². The lowest BCUT2D eigenvalue weighted by molar-refractivity contribution is -0.139. The first-order valence-corrected chi connectivity index (χ1v) is 11.9. The van der Waals surface area contributed by atoms with E-state index in [-0.39, 0.29) is 11.9 Å². The van der Waals surface area contributed by atoms with Crippen molar-refractivity contribution < 1.29 is 4.79 Å². The third kappa shape index (κ3) is 3.21. The number of fused-ring (bicyclic) bond motifs is 3. The van der Waals surface area contributed by atoms with Gasteiger partial charge in [0, 0.05) is 36.2 Å². The first-order chi connectivity index (χ1) is 16.6. The van der Waals surface area contributed by atoms with Gasteiger partial charge in [0.15, 0.2) is 5.82 Å². The van der Waals surface area contributed by atoms with Crippen LogP contribution in [0.25, 0.3) is 33.2 Å². The Hall–Kier alpha value is -3.93. The Morgan fingerprint density at radius 2 is 2.09 bits per heavy atom. The van der Waals surface area contributed by atoms with Gasteiger partial charge in [-0.15, -0.1) is 0 Å². The zero-order chi connectivity index (χ0) is 23.3. The van der Waals surface area contributed by atoms with Gasteiger partial charge in [0.1, 0.15) is 16.8 Å². The van der Waals surface area contributed by atoms with E-state index >= 15 is 0 Å². The van der Waals surface area contributed by atoms with Crippen LogP contribution in [-0.2, 0) is 11.2 Å². The number of H-pyrrole nitrogens is 2. The molecule has 1 aromatic carbocycles. The number of rotatable bonds is 4. The van der Waals surface area contributed by atoms with Crippen LogP contribution >= 0.6 is 0 Å². The van der Waals surface area contributed by atoms with Crippen LogP contribution in [0, 0.1) is 16.7 Å². The first kappa shape index (κ1) is 20.7. The molecule has 3 aromatic heterocycles. The molecule has 9 nitrogen and oxygen atoms in total. The number of likely N-dealkylation sites (tertiary alicyclic amines) is 1. The first-order valence-electron chi connectivity index (χ1n) is 11.9. The molecule has 34 heavy (non-hydrogen) atoms. The second kappa shape index (κ2) is 7.83. The van der Waals surface area contributed by atoms with E-state index in [0.717, 1.165) is 59.2 Å². The summed E-state index contributed by atoms with van der Waals surface area (Å²) in [5.41, 5.74) is 9.53. The summed E-state index contributed by atoms with van der Waals surface area (Å²) >= 11 is 0. The predicted molar refractivity (Wildman–Crippen MR) is 128 cm³/mol. The molecular formula is C25H26N8O. The van der Waals surface area contributed by atoms with Crippen LogP contribution in [0.5, 0.6) is 0 Å². The van der Waals surface area contributed by atoms with Gasteiger partial charge in [-0.05, 0) is 43.9 Å². The predicted octanol–water partition coefficient (Wildman–Crippen LogP) is 3.70. The number of pyridine rings is 1. The summed E-state index contributed by atoms with van der Waals surface area (Å²) in [6.45, 7) is 0.704. The molecule has 172 valence electrons. The highest BCUT2D eigenvalue weighted by atomic mass is 16.2. The number of nitriles is 1. The number of hydrogen-bond donors (Lipinski definition) is 3. The molecule has 4 heterocycles. The minimum Gasteiger partial charge on any atom is -0.382 e. The van der Waals surface area contributed by atoms with Gasteiger partial charge >= 0.3 is 0 Å². The Morgan fingerprint density at radius 3 is 2.85 bits per heavy atom. The maximum absolute atomic E-state index is 13.4. The lowest BCUT2D eigenvalue weighted by Gasteiger charge is -2.31. The minimum atomic E-state index is -0.840. The Kier molecular flexibility index (Phi) is 4.76. The fourth-order valence-electron chi connectivity index (χ4n) is 5.66. The summed E-state index contributed by atoms with van der Waals surface area (Å²) < 4.78 is 0. The van der Waals surface area contributed by atoms with Gasteiger partial charge in [-0.1, -0.05) is 18.9 Å². The van der Waals surface area contributed by atoms with E-state index in [1.807, 2.05) is 29.2 Å². The molecule has 1 aliphatic carbocycles. The average Bonchev–Trinajstić information content (AvgIpc) is 3.66. The molecule has 0 unspecified atom stereocenters. The van der Waals surface area contributed by atoms with Crippen LogP contribution in [0.1, 0.15) is 44.3 Å². The smallest absolute Gasteiger partial charge is 0.243 e. The second-order valence-corrected chi connectivity index (χ2v) is 9.50. The number of hydrogen-bond acceptors (Lipinski definition) is 6. The van der Waals surface area contributed by atoms with E-state index in [1.54, 1.807) is 6.20 Å². The minimum absolute atomic E-state index is 0.00337. The largest absolute Gasteiger partial charge is 0.382 e. The fraction of sp³-hybridized carbons (Fsp3) is 0.400. The van der Waals surface area contributed by atoms with Crippen molar-refractivity contribution in [3.63, 3.8) is 0 Å². The van der Waals surface area contributed by atoms with Gasteiger partial charge in [-0.3, -0.25) is 9.89 Å². The van der Waals surface area contributed by atoms with Crippen LogP contribution in [0.15, 0.2) is 30.5 Å². The fourth-order valence-corrected chi connectivity index (χ4v) is 5.66. The number of benzene rings is 1. The number of nitrogen functional groups attached to an aromatic ring is 1. The van der Waals surface area contributed by atoms with Crippen LogP contribution in [0.4, 0.5) is 5.82 Å². The van der Waals surface area contributed by atoms with Crippen molar-refractivity contribution in [3.05, 3.63) is 36.3 Å². The number of imidazole rings is 1. The van der Waals surface area contributed by atoms with Gasteiger partial charge in [0.2, 0.25) is 5.91 Å². The highest BCUT2D eigenvalue weighted by Gasteiger charge is 2.46. The highest BCUT2D eigenvalue weighted by Crippen LogP contribution is 2.41. The van der Waals surface area contributed by atoms with Crippen LogP contribution < -0.4 is 5.73 Å². The Balaban J connectivity index is 1.32. The third-order valence-electron chi connectivity index (χ3n) is 7.45. The quantitative estimate of drug-likeness (QED) is 0.429. The monoisotopic (exact) mass is 454 g/mol. The number of amides is 1. The SMILES string of the molecule is N#CC1(C(=O)N2CCC[C@H]2Cc2nc3c(N)nc4cc(-c5cc[nH]n5)ccc4c3[nH]2)CCCC1. The summed E-state index contributed by atoms with van der Waals surface area (Å²) in [4.78, 5) is 28.1. The van der Waals surface area contributed by atoms with Gasteiger partial charge in [0.05, 0.1) is 22.8 Å². The molecule has 1 aliphatic heterocycles. The van der Waals surface area contributed by atoms with Crippen molar-refractivity contribution in [2.45, 2.75) is 51.0 Å². The molecule has 4 N–H and O–H groups in total. The number of anilines is 1. The third-order valence-corrected chi connectivity index (χ3v) is 7.45. The number of aromatic amines is 2. The van der Waals surface area contributed by atoms with Crippen molar-refractivity contribution in [2.75, 3.05) is 12.3 Å². The molecule has 4 aromatic rings. The van der Waals surface area contributed by atoms with E-state index < -0.39 is 5.41 Å². The number of nitrogens with zero attached hydrogens (tertiary/aromatic N) is 5. The van der Waals surface area contributed by atoms with Crippen molar-refractivity contribution in [1.82, 2.24) is 30.0 Å². The van der Waals surface area contributed by atoms with E-state index in [0.29, 0.717) is 37.1 Å². The van der Waals surface area contributed by atoms with Crippen molar-refractivity contribution in [3.8, 4) is 17.3 Å². The highest BCUT2D eigenvalue weighted by molar-refractivity contribution is 6.07. The van der Waals surface area contributed by atoms with Crippen LogP contribution in [-0.4, -0.2) is 48.5 Å². The van der Waals surface area contributed by atoms with Crippen molar-refractivity contribution in [1.29, 1.82) is 5.26 Å². The number of carbonyl (C=O) groups is 1. The van der Waals surface area contributed by atoms with E-state index in [2.05, 4.69) is 26.2 Å². The van der Waals surface area contributed by atoms with Gasteiger partial charge in [-0.2, -0.15) is 10.4 Å². The number of nitrogens with one attached hydrogen (secondary N) is 2. The van der Waals surface area contributed by atoms with Gasteiger partial charge in [-0.25, -0.2) is 9.97 Å². The molecule has 9 heteroatoms. The summed E-state index contributed by atoms with van der Waals surface area (Å²) in [5.74, 6) is 1.16. The molecule has 6 rings (SSSR count). The summed E-state index contributed by atoms with van der Waals surface area (Å²) in [6.07, 6.45) is 7.48. The van der Waals surface area contributed by atoms with Crippen molar-refractivity contribution >= 4 is 33.7 Å². The standard InChI is InChI=1S/C25H26N8O/c26-14-25(8-1-2-9-25)24(34)33-11-3-4-16(33)13-20-30-21-17-6-5-15(18-7-10-28-32-18)12-19(17)29-23(27)22(21)31-20/h5-7,10,12,16H,1-4,8-9,11,13H2,(H2,27,29)(H,28,32)(H,30,31)/t16-/m0/s1. The molecule has 1 atom stereocenters. The van der Waals surface area contributed by atoms with E-state index in [1.165, 1.54) is 0 Å². The number of carbonyl (C=O) groups excluding carboxylic acids is 1. The normalized spacial score (nSPS) is 19.7. The molecule has 1 saturated carbocycles. The number of nitrogens with two attached hydrogens (primary N) is 1. The molecule has 2 aliphatic rings. The Bertz CT molecular complexity index is 1420. The molecule has 1 saturated heterocycles. The molecule has 1 amide bonds. The molecule has 0 spiro atoms. The average molecular weight is 455 g/mol. The molecular weight excluding hydrogens is 428 g/mol. The summed E-state index contributed by atoms with van der Waals surface area (Å²) in [7, 11) is 0. The van der Waals surface area contributed by atoms with Crippen LogP contribution in [0.3, 0.4) is 0 Å². The second-order valence-electron chi connectivity index (χ2n) is 9.50. The summed E-state index contributed by atoms with van der Waals surface area (Å²) in [6, 6.07) is 10.3. The maximum atomic E-state index is 13.4. The van der Waals surface area contributed by atoms with Crippen LogP contribution in [0.2, 0.25) is 0 Å². The molecule has 0 radical (unpaired) electrons. The lowest BCUT2D eigenvalue weighted by atomic mass is 9.86. The zero-order valence-electron chi connectivity index (χ0n) is 18.8. The Morgan fingerprint density at radius 1 is 1.24 bits per heavy atom. The maximum Gasteiger partial charge on any atom is 0.243 e. The lowest BCUT2D eigenvalue weighted by Crippen LogP contribution is -2.45. The molecule has 2 fully saturated rings. The summed E-state index contributed by atoms with van der Waals surface area (Å²) in [5, 5.41) is 17.8. The zero-order valence-corrected chi connectivity index (χ0v) is 18.8. The topological polar surface area (TPSA) is 140 Å². The number of aromatic nitrogens is 5. The van der Waals surface area contributed by atoms with Gasteiger partial charge in [0.25, 0.3) is 0 Å². The Labute approximate surface area is 196 Å². The molecule has 0 bridgehead atoms.